The Balaban J connectivity index is 1.55. The van der Waals surface area contributed by atoms with Gasteiger partial charge in [-0.3, -0.25) is 4.79 Å². The van der Waals surface area contributed by atoms with Gasteiger partial charge in [0, 0.05) is 22.2 Å². The summed E-state index contributed by atoms with van der Waals surface area (Å²) in [5.74, 6) is 0.726. The van der Waals surface area contributed by atoms with Crippen LogP contribution in [0.2, 0.25) is 0 Å². The van der Waals surface area contributed by atoms with Crippen LogP contribution in [-0.2, 0) is 13.0 Å². The highest BCUT2D eigenvalue weighted by molar-refractivity contribution is 7.10. The molecular weight excluding hydrogens is 334 g/mol. The monoisotopic (exact) mass is 352 g/mol. The van der Waals surface area contributed by atoms with Crippen LogP contribution in [-0.4, -0.2) is 16.5 Å². The Labute approximate surface area is 147 Å². The number of benzene rings is 1. The average molecular weight is 352 g/mol. The molecule has 5 rings (SSSR count). The zero-order chi connectivity index (χ0) is 17.0. The molecule has 0 fully saturated rings. The number of rotatable bonds is 2. The number of fused-ring (bicyclic) bond motifs is 4. The largest absolute Gasteiger partial charge is 0.449 e. The quantitative estimate of drug-likeness (QED) is 0.582. The van der Waals surface area contributed by atoms with Gasteiger partial charge in [0.2, 0.25) is 5.58 Å². The molecule has 0 amide bonds. The number of aromatic amines is 1. The summed E-state index contributed by atoms with van der Waals surface area (Å²) in [7, 11) is 0. The fraction of sp³-hybridized carbons (Fsp3) is 0.263. The van der Waals surface area contributed by atoms with E-state index in [2.05, 4.69) is 23.4 Å². The molecule has 1 aliphatic heterocycles. The van der Waals surface area contributed by atoms with Crippen LogP contribution in [0, 0.1) is 0 Å². The first-order chi connectivity index (χ1) is 12.2. The maximum atomic E-state index is 12.5. The lowest BCUT2D eigenvalue weighted by Crippen LogP contribution is -3.11. The van der Waals surface area contributed by atoms with E-state index in [0.29, 0.717) is 29.3 Å². The second-order valence-electron chi connectivity index (χ2n) is 6.64. The number of hydrogen-bond acceptors (Lipinski definition) is 4. The van der Waals surface area contributed by atoms with Crippen LogP contribution < -0.4 is 10.5 Å². The zero-order valence-electron chi connectivity index (χ0n) is 13.8. The Kier molecular flexibility index (Phi) is 3.29. The topological polar surface area (TPSA) is 63.3 Å². The molecule has 5 nitrogen and oxygen atoms in total. The molecule has 4 aromatic rings. The average Bonchev–Trinajstić information content (AvgIpc) is 3.23. The van der Waals surface area contributed by atoms with Crippen molar-refractivity contribution in [3.05, 3.63) is 62.3 Å². The fourth-order valence-electron chi connectivity index (χ4n) is 3.84. The minimum absolute atomic E-state index is 0.198. The summed E-state index contributed by atoms with van der Waals surface area (Å²) >= 11 is 1.85. The van der Waals surface area contributed by atoms with Crippen LogP contribution in [0.25, 0.3) is 22.1 Å². The zero-order valence-corrected chi connectivity index (χ0v) is 14.7. The SMILES string of the molecule is C[C@H]1c2ccsc2CC[NH+]1Cc1nc2c(oc3ccccc32)c(=O)[nH]1. The predicted octanol–water partition coefficient (Wildman–Crippen LogP) is 2.43. The minimum Gasteiger partial charge on any atom is -0.449 e. The molecular formula is C19H18N3O2S+. The van der Waals surface area contributed by atoms with Gasteiger partial charge in [0.15, 0.2) is 5.82 Å². The molecule has 1 aromatic carbocycles. The first-order valence-corrected chi connectivity index (χ1v) is 9.40. The summed E-state index contributed by atoms with van der Waals surface area (Å²) in [5.41, 5.74) is 2.91. The molecule has 3 aromatic heterocycles. The lowest BCUT2D eigenvalue weighted by molar-refractivity contribution is -0.945. The van der Waals surface area contributed by atoms with Crippen molar-refractivity contribution in [3.63, 3.8) is 0 Å². The Morgan fingerprint density at radius 2 is 2.24 bits per heavy atom. The van der Waals surface area contributed by atoms with Gasteiger partial charge in [-0.1, -0.05) is 12.1 Å². The minimum atomic E-state index is -0.198. The molecule has 6 heteroatoms. The number of furan rings is 1. The number of hydrogen-bond donors (Lipinski definition) is 2. The number of aromatic nitrogens is 2. The number of nitrogens with zero attached hydrogens (tertiary/aromatic N) is 1. The molecule has 0 saturated heterocycles. The Morgan fingerprint density at radius 3 is 3.16 bits per heavy atom. The van der Waals surface area contributed by atoms with Gasteiger partial charge in [-0.2, -0.15) is 0 Å². The molecule has 1 unspecified atom stereocenters. The maximum absolute atomic E-state index is 12.5. The Hall–Kier alpha value is -2.44. The molecule has 0 spiro atoms. The van der Waals surface area contributed by atoms with Gasteiger partial charge in [-0.25, -0.2) is 4.98 Å². The van der Waals surface area contributed by atoms with Crippen molar-refractivity contribution in [2.24, 2.45) is 0 Å². The number of quaternary nitrogens is 1. The van der Waals surface area contributed by atoms with E-state index in [4.69, 9.17) is 9.40 Å². The molecule has 4 heterocycles. The van der Waals surface area contributed by atoms with E-state index in [-0.39, 0.29) is 5.56 Å². The predicted molar refractivity (Wildman–Crippen MR) is 98.1 cm³/mol. The lowest BCUT2D eigenvalue weighted by atomic mass is 10.0. The van der Waals surface area contributed by atoms with E-state index in [1.807, 2.05) is 35.6 Å². The van der Waals surface area contributed by atoms with Crippen molar-refractivity contribution in [3.8, 4) is 0 Å². The number of para-hydroxylation sites is 1. The highest BCUT2D eigenvalue weighted by Gasteiger charge is 2.29. The third kappa shape index (κ3) is 2.33. The van der Waals surface area contributed by atoms with Crippen LogP contribution >= 0.6 is 11.3 Å². The summed E-state index contributed by atoms with van der Waals surface area (Å²) in [5, 5.41) is 3.07. The van der Waals surface area contributed by atoms with E-state index >= 15 is 0 Å². The molecule has 126 valence electrons. The van der Waals surface area contributed by atoms with E-state index < -0.39 is 0 Å². The second-order valence-corrected chi connectivity index (χ2v) is 7.65. The standard InChI is InChI=1S/C19H17N3O2S/c1-11-12-7-9-25-15(12)6-8-22(11)10-16-20-17-13-4-2-3-5-14(13)24-18(17)19(23)21-16/h2-5,7,9,11H,6,8,10H2,1H3,(H,20,21,23)/p+1/t11-/m0/s1. The first-order valence-electron chi connectivity index (χ1n) is 8.52. The van der Waals surface area contributed by atoms with Gasteiger partial charge >= 0.3 is 0 Å². The van der Waals surface area contributed by atoms with E-state index in [1.54, 1.807) is 0 Å². The van der Waals surface area contributed by atoms with Crippen LogP contribution in [0.4, 0.5) is 0 Å². The molecule has 0 saturated carbocycles. The molecule has 1 aliphatic rings. The van der Waals surface area contributed by atoms with Gasteiger partial charge in [0.25, 0.3) is 5.56 Å². The molecule has 0 radical (unpaired) electrons. The molecule has 0 aliphatic carbocycles. The van der Waals surface area contributed by atoms with Crippen LogP contribution in [0.5, 0.6) is 0 Å². The van der Waals surface area contributed by atoms with Crippen molar-refractivity contribution < 1.29 is 9.32 Å². The van der Waals surface area contributed by atoms with E-state index in [1.165, 1.54) is 15.3 Å². The normalized spacial score (nSPS) is 20.2. The number of nitrogens with one attached hydrogen (secondary N) is 2. The van der Waals surface area contributed by atoms with Gasteiger partial charge < -0.3 is 14.3 Å². The third-order valence-electron chi connectivity index (χ3n) is 5.21. The van der Waals surface area contributed by atoms with Crippen molar-refractivity contribution >= 4 is 33.4 Å². The number of thiophene rings is 1. The maximum Gasteiger partial charge on any atom is 0.294 e. The Bertz CT molecular complexity index is 1140. The smallest absolute Gasteiger partial charge is 0.294 e. The van der Waals surface area contributed by atoms with Crippen molar-refractivity contribution in [2.75, 3.05) is 6.54 Å². The van der Waals surface area contributed by atoms with Gasteiger partial charge in [-0.15, -0.1) is 11.3 Å². The summed E-state index contributed by atoms with van der Waals surface area (Å²) in [4.78, 5) is 23.0. The number of H-pyrrole nitrogens is 1. The van der Waals surface area contributed by atoms with Crippen molar-refractivity contribution in [1.29, 1.82) is 0 Å². The summed E-state index contributed by atoms with van der Waals surface area (Å²) in [6.45, 7) is 4.02. The molecule has 2 atom stereocenters. The molecule has 2 N–H and O–H groups in total. The fourth-order valence-corrected chi connectivity index (χ4v) is 4.82. The first kappa shape index (κ1) is 14.9. The van der Waals surface area contributed by atoms with E-state index in [9.17, 15) is 4.79 Å². The summed E-state index contributed by atoms with van der Waals surface area (Å²) in [6.07, 6.45) is 1.09. The summed E-state index contributed by atoms with van der Waals surface area (Å²) in [6, 6.07) is 10.3. The van der Waals surface area contributed by atoms with Crippen molar-refractivity contribution in [1.82, 2.24) is 9.97 Å². The van der Waals surface area contributed by atoms with E-state index in [0.717, 1.165) is 24.2 Å². The Morgan fingerprint density at radius 1 is 1.36 bits per heavy atom. The van der Waals surface area contributed by atoms with Crippen LogP contribution in [0.15, 0.2) is 44.9 Å². The molecule has 25 heavy (non-hydrogen) atoms. The third-order valence-corrected chi connectivity index (χ3v) is 6.20. The van der Waals surface area contributed by atoms with Crippen molar-refractivity contribution in [2.45, 2.75) is 25.9 Å². The summed E-state index contributed by atoms with van der Waals surface area (Å²) < 4.78 is 5.67. The second kappa shape index (κ2) is 5.54. The highest BCUT2D eigenvalue weighted by atomic mass is 32.1. The highest BCUT2D eigenvalue weighted by Crippen LogP contribution is 2.26. The van der Waals surface area contributed by atoms with Crippen LogP contribution in [0.3, 0.4) is 0 Å². The van der Waals surface area contributed by atoms with Gasteiger partial charge in [0.1, 0.15) is 23.7 Å². The van der Waals surface area contributed by atoms with Gasteiger partial charge in [-0.05, 0) is 30.5 Å². The van der Waals surface area contributed by atoms with Crippen LogP contribution in [0.1, 0.15) is 29.2 Å². The van der Waals surface area contributed by atoms with Gasteiger partial charge in [0.05, 0.1) is 6.54 Å². The molecule has 0 bridgehead atoms. The lowest BCUT2D eigenvalue weighted by Gasteiger charge is -2.29.